The van der Waals surface area contributed by atoms with Gasteiger partial charge in [0.05, 0.1) is 6.42 Å². The Hall–Kier alpha value is -0.240. The van der Waals surface area contributed by atoms with Gasteiger partial charge in [0.25, 0.3) is 0 Å². The molecule has 0 radical (unpaired) electrons. The third kappa shape index (κ3) is 5.48. The van der Waals surface area contributed by atoms with E-state index in [0.717, 1.165) is 0 Å². The Morgan fingerprint density at radius 3 is 2.21 bits per heavy atom. The van der Waals surface area contributed by atoms with Crippen molar-refractivity contribution >= 4 is 37.2 Å². The van der Waals surface area contributed by atoms with Gasteiger partial charge in [-0.15, -0.1) is 0 Å². The molecule has 0 saturated carbocycles. The number of carbonyl (C=O) groups is 2. The minimum absolute atomic E-state index is 0.0471. The van der Waals surface area contributed by atoms with E-state index in [1.807, 2.05) is 0 Å². The Balaban J connectivity index is 3.88. The van der Waals surface area contributed by atoms with E-state index in [4.69, 9.17) is 11.5 Å². The zero-order valence-corrected chi connectivity index (χ0v) is 9.34. The molecule has 0 bridgehead atoms. The molecule has 0 aromatic rings. The van der Waals surface area contributed by atoms with E-state index in [9.17, 15) is 9.59 Å². The first-order valence-electron chi connectivity index (χ1n) is 3.98. The zero-order valence-electron chi connectivity index (χ0n) is 7.55. The van der Waals surface area contributed by atoms with Crippen LogP contribution < -0.4 is 11.5 Å². The average molecular weight is 238 g/mol. The molecule has 0 heterocycles. The topological polar surface area (TPSA) is 95.4 Å². The van der Waals surface area contributed by atoms with Crippen LogP contribution >= 0.6 is 25.3 Å². The number of hydrogen-bond acceptors (Lipinski definition) is 7. The van der Waals surface area contributed by atoms with Crippen molar-refractivity contribution in [3.63, 3.8) is 0 Å². The molecule has 0 aliphatic rings. The number of ether oxygens (including phenoxy) is 1. The largest absolute Gasteiger partial charge is 0.392 e. The Morgan fingerprint density at radius 2 is 1.79 bits per heavy atom. The summed E-state index contributed by atoms with van der Waals surface area (Å²) in [5, 5.41) is 0. The molecule has 5 nitrogen and oxygen atoms in total. The first-order valence-corrected chi connectivity index (χ1v) is 5.25. The van der Waals surface area contributed by atoms with E-state index in [1.165, 1.54) is 0 Å². The molecule has 0 amide bonds. The lowest BCUT2D eigenvalue weighted by molar-refractivity contribution is -0.160. The van der Waals surface area contributed by atoms with Crippen molar-refractivity contribution in [3.8, 4) is 0 Å². The van der Waals surface area contributed by atoms with Crippen molar-refractivity contribution in [2.45, 2.75) is 18.5 Å². The van der Waals surface area contributed by atoms with Gasteiger partial charge in [0, 0.05) is 17.5 Å². The second-order valence-electron chi connectivity index (χ2n) is 2.73. The molecule has 0 aliphatic heterocycles. The van der Waals surface area contributed by atoms with Crippen LogP contribution in [0.2, 0.25) is 0 Å². The Bertz CT molecular complexity index is 213. The number of thiol groups is 2. The second kappa shape index (κ2) is 7.10. The highest BCUT2D eigenvalue weighted by atomic mass is 32.1. The maximum atomic E-state index is 11.0. The Kier molecular flexibility index (Phi) is 6.98. The first kappa shape index (κ1) is 13.8. The van der Waals surface area contributed by atoms with Gasteiger partial charge in [-0.1, -0.05) is 0 Å². The summed E-state index contributed by atoms with van der Waals surface area (Å²) < 4.78 is 4.41. The van der Waals surface area contributed by atoms with Crippen LogP contribution in [0.25, 0.3) is 0 Å². The molecule has 0 aromatic carbocycles. The Labute approximate surface area is 93.4 Å². The standard InChI is InChI=1S/C7H14N2O3S2/c8-4(2-13)1-6(10)12-7(11)5(9)3-14/h4-5,13-14H,1-3,8-9H2/t4?,5-/m0/s1. The lowest BCUT2D eigenvalue weighted by atomic mass is 10.2. The fraction of sp³-hybridized carbons (Fsp3) is 0.714. The number of nitrogens with two attached hydrogens (primary N) is 2. The summed E-state index contributed by atoms with van der Waals surface area (Å²) in [6.07, 6.45) is -0.0471. The molecule has 0 saturated heterocycles. The lowest BCUT2D eigenvalue weighted by Gasteiger charge is -2.09. The first-order chi connectivity index (χ1) is 6.51. The molecule has 1 unspecified atom stereocenters. The van der Waals surface area contributed by atoms with Crippen LogP contribution in [0.1, 0.15) is 6.42 Å². The van der Waals surface area contributed by atoms with Crippen LogP contribution in [-0.2, 0) is 14.3 Å². The average Bonchev–Trinajstić information content (AvgIpc) is 2.15. The third-order valence-electron chi connectivity index (χ3n) is 1.38. The van der Waals surface area contributed by atoms with Crippen LogP contribution in [0.5, 0.6) is 0 Å². The van der Waals surface area contributed by atoms with Gasteiger partial charge >= 0.3 is 11.9 Å². The van der Waals surface area contributed by atoms with Crippen LogP contribution in [0.3, 0.4) is 0 Å². The smallest absolute Gasteiger partial charge is 0.331 e. The normalized spacial score (nSPS) is 14.6. The molecular formula is C7H14N2O3S2. The van der Waals surface area contributed by atoms with Gasteiger partial charge in [-0.2, -0.15) is 25.3 Å². The van der Waals surface area contributed by atoms with E-state index in [2.05, 4.69) is 30.0 Å². The summed E-state index contributed by atoms with van der Waals surface area (Å²) in [6.45, 7) is 0. The van der Waals surface area contributed by atoms with E-state index in [-0.39, 0.29) is 12.2 Å². The van der Waals surface area contributed by atoms with Gasteiger partial charge in [0.2, 0.25) is 0 Å². The molecule has 82 valence electrons. The number of rotatable bonds is 5. The fourth-order valence-electron chi connectivity index (χ4n) is 0.583. The number of carbonyl (C=O) groups excluding carboxylic acids is 2. The summed E-state index contributed by atoms with van der Waals surface area (Å²) in [4.78, 5) is 22.0. The molecular weight excluding hydrogens is 224 g/mol. The van der Waals surface area contributed by atoms with Gasteiger partial charge in [0.1, 0.15) is 6.04 Å². The van der Waals surface area contributed by atoms with Crippen molar-refractivity contribution in [1.29, 1.82) is 0 Å². The minimum atomic E-state index is -0.880. The summed E-state index contributed by atoms with van der Waals surface area (Å²) >= 11 is 7.68. The monoisotopic (exact) mass is 238 g/mol. The van der Waals surface area contributed by atoms with Crippen molar-refractivity contribution in [3.05, 3.63) is 0 Å². The van der Waals surface area contributed by atoms with E-state index in [0.29, 0.717) is 5.75 Å². The highest BCUT2D eigenvalue weighted by Gasteiger charge is 2.18. The molecule has 0 aliphatic carbocycles. The molecule has 14 heavy (non-hydrogen) atoms. The molecule has 0 spiro atoms. The second-order valence-corrected chi connectivity index (χ2v) is 3.46. The lowest BCUT2D eigenvalue weighted by Crippen LogP contribution is -2.36. The van der Waals surface area contributed by atoms with Crippen LogP contribution in [0.15, 0.2) is 0 Å². The van der Waals surface area contributed by atoms with Crippen molar-refractivity contribution in [1.82, 2.24) is 0 Å². The maximum Gasteiger partial charge on any atom is 0.331 e. The van der Waals surface area contributed by atoms with E-state index in [1.54, 1.807) is 0 Å². The van der Waals surface area contributed by atoms with E-state index < -0.39 is 24.0 Å². The molecule has 2 atom stereocenters. The highest BCUT2D eigenvalue weighted by Crippen LogP contribution is 1.96. The molecule has 7 heteroatoms. The molecule has 0 rings (SSSR count). The van der Waals surface area contributed by atoms with Gasteiger partial charge in [-0.25, -0.2) is 4.79 Å². The van der Waals surface area contributed by atoms with E-state index >= 15 is 0 Å². The van der Waals surface area contributed by atoms with Gasteiger partial charge < -0.3 is 16.2 Å². The number of hydrogen-bond donors (Lipinski definition) is 4. The van der Waals surface area contributed by atoms with Gasteiger partial charge in [0.15, 0.2) is 0 Å². The maximum absolute atomic E-state index is 11.0. The minimum Gasteiger partial charge on any atom is -0.392 e. The third-order valence-corrected chi connectivity index (χ3v) is 2.24. The highest BCUT2D eigenvalue weighted by molar-refractivity contribution is 7.80. The quantitative estimate of drug-likeness (QED) is 0.279. The SMILES string of the molecule is NC(CS)CC(=O)OC(=O)[C@@H](N)CS. The fourth-order valence-corrected chi connectivity index (χ4v) is 0.861. The Morgan fingerprint density at radius 1 is 1.21 bits per heavy atom. The van der Waals surface area contributed by atoms with Gasteiger partial charge in [-0.05, 0) is 0 Å². The van der Waals surface area contributed by atoms with Crippen molar-refractivity contribution in [2.24, 2.45) is 11.5 Å². The summed E-state index contributed by atoms with van der Waals surface area (Å²) in [6, 6.07) is -1.29. The molecule has 0 aromatic heterocycles. The van der Waals surface area contributed by atoms with Gasteiger partial charge in [-0.3, -0.25) is 4.79 Å². The zero-order chi connectivity index (χ0) is 11.1. The van der Waals surface area contributed by atoms with Crippen LogP contribution in [0, 0.1) is 0 Å². The predicted octanol–water partition coefficient (Wildman–Crippen LogP) is -1.04. The van der Waals surface area contributed by atoms with Crippen molar-refractivity contribution < 1.29 is 14.3 Å². The summed E-state index contributed by atoms with van der Waals surface area (Å²) in [7, 11) is 0. The summed E-state index contributed by atoms with van der Waals surface area (Å²) in [5.41, 5.74) is 10.7. The van der Waals surface area contributed by atoms with Crippen molar-refractivity contribution in [2.75, 3.05) is 11.5 Å². The molecule has 0 fully saturated rings. The van der Waals surface area contributed by atoms with Crippen LogP contribution in [0.4, 0.5) is 0 Å². The predicted molar refractivity (Wildman–Crippen MR) is 59.4 cm³/mol. The summed E-state index contributed by atoms with van der Waals surface area (Å²) in [5.74, 6) is -0.989. The van der Waals surface area contributed by atoms with Crippen LogP contribution in [-0.4, -0.2) is 35.5 Å². The number of esters is 2. The molecule has 4 N–H and O–H groups in total.